The van der Waals surface area contributed by atoms with Gasteiger partial charge in [-0.25, -0.2) is 0 Å². The van der Waals surface area contributed by atoms with Crippen LogP contribution in [0, 0.1) is 0 Å². The molecule has 0 aliphatic carbocycles. The third-order valence-corrected chi connectivity index (χ3v) is 2.30. The average Bonchev–Trinajstić information content (AvgIpc) is 2.28. The largest absolute Gasteiger partial charge is 0.391 e. The Morgan fingerprint density at radius 3 is 2.69 bits per heavy atom. The van der Waals surface area contributed by atoms with E-state index in [2.05, 4.69) is 0 Å². The Kier molecular flexibility index (Phi) is 3.27. The Morgan fingerprint density at radius 2 is 2.31 bits per heavy atom. The molecule has 1 amide bonds. The lowest BCUT2D eigenvalue weighted by Gasteiger charge is -2.26. The van der Waals surface area contributed by atoms with Gasteiger partial charge in [-0.05, 0) is 21.0 Å². The van der Waals surface area contributed by atoms with Crippen molar-refractivity contribution in [3.05, 3.63) is 0 Å². The van der Waals surface area contributed by atoms with Crippen molar-refractivity contribution in [2.24, 2.45) is 0 Å². The Bertz CT molecular complexity index is 194. The van der Waals surface area contributed by atoms with Gasteiger partial charge in [0.25, 0.3) is 0 Å². The Morgan fingerprint density at radius 1 is 1.69 bits per heavy atom. The van der Waals surface area contributed by atoms with Crippen LogP contribution in [0.2, 0.25) is 0 Å². The van der Waals surface area contributed by atoms with Crippen molar-refractivity contribution in [3.63, 3.8) is 0 Å². The van der Waals surface area contributed by atoms with Crippen LogP contribution in [0.15, 0.2) is 0 Å². The molecule has 0 radical (unpaired) electrons. The standard InChI is InChI=1S/C9H18N2O2/c1-7(5-10(2)3)11-6-8(12)4-9(11)13/h7-8,12H,4-6H2,1-3H3. The zero-order chi connectivity index (χ0) is 10.0. The van der Waals surface area contributed by atoms with Crippen LogP contribution in [-0.2, 0) is 4.79 Å². The number of β-amino-alcohol motifs (C(OH)–C–C–N with tert-alkyl or cyclic N) is 1. The van der Waals surface area contributed by atoms with Crippen LogP contribution in [0.25, 0.3) is 0 Å². The van der Waals surface area contributed by atoms with Gasteiger partial charge in [0.15, 0.2) is 0 Å². The van der Waals surface area contributed by atoms with E-state index in [1.54, 1.807) is 4.90 Å². The lowest BCUT2D eigenvalue weighted by Crippen LogP contribution is -2.41. The number of nitrogens with zero attached hydrogens (tertiary/aromatic N) is 2. The highest BCUT2D eigenvalue weighted by Gasteiger charge is 2.31. The second-order valence-electron chi connectivity index (χ2n) is 4.02. The summed E-state index contributed by atoms with van der Waals surface area (Å²) < 4.78 is 0. The number of carbonyl (C=O) groups is 1. The first-order valence-electron chi connectivity index (χ1n) is 4.63. The molecule has 0 bridgehead atoms. The number of carbonyl (C=O) groups excluding carboxylic acids is 1. The highest BCUT2D eigenvalue weighted by atomic mass is 16.3. The zero-order valence-corrected chi connectivity index (χ0v) is 8.53. The average molecular weight is 186 g/mol. The SMILES string of the molecule is CC(CN(C)C)N1CC(O)CC1=O. The summed E-state index contributed by atoms with van der Waals surface area (Å²) in [6.07, 6.45) is -0.172. The van der Waals surface area contributed by atoms with Crippen LogP contribution in [0.5, 0.6) is 0 Å². The number of likely N-dealkylation sites (tertiary alicyclic amines) is 1. The van der Waals surface area contributed by atoms with Gasteiger partial charge >= 0.3 is 0 Å². The van der Waals surface area contributed by atoms with Gasteiger partial charge in [-0.2, -0.15) is 0 Å². The van der Waals surface area contributed by atoms with E-state index in [0.717, 1.165) is 6.54 Å². The molecule has 0 aromatic heterocycles. The van der Waals surface area contributed by atoms with Crippen molar-refractivity contribution >= 4 is 5.91 Å². The Hall–Kier alpha value is -0.610. The first-order valence-corrected chi connectivity index (χ1v) is 4.63. The van der Waals surface area contributed by atoms with Crippen LogP contribution < -0.4 is 0 Å². The summed E-state index contributed by atoms with van der Waals surface area (Å²) >= 11 is 0. The van der Waals surface area contributed by atoms with Crippen LogP contribution in [0.3, 0.4) is 0 Å². The predicted molar refractivity (Wildman–Crippen MR) is 50.4 cm³/mol. The zero-order valence-electron chi connectivity index (χ0n) is 8.53. The van der Waals surface area contributed by atoms with E-state index < -0.39 is 6.10 Å². The number of aliphatic hydroxyl groups excluding tert-OH is 1. The number of rotatable bonds is 3. The molecule has 0 saturated carbocycles. The number of aliphatic hydroxyl groups is 1. The van der Waals surface area contributed by atoms with Crippen LogP contribution >= 0.6 is 0 Å². The molecule has 0 aromatic rings. The van der Waals surface area contributed by atoms with Crippen LogP contribution in [0.1, 0.15) is 13.3 Å². The quantitative estimate of drug-likeness (QED) is 0.648. The molecule has 0 aromatic carbocycles. The summed E-state index contributed by atoms with van der Waals surface area (Å²) in [5.74, 6) is 0.0712. The Balaban J connectivity index is 2.47. The molecule has 4 nitrogen and oxygen atoms in total. The monoisotopic (exact) mass is 186 g/mol. The van der Waals surface area contributed by atoms with Gasteiger partial charge < -0.3 is 14.9 Å². The maximum atomic E-state index is 11.4. The van der Waals surface area contributed by atoms with Crippen molar-refractivity contribution in [2.45, 2.75) is 25.5 Å². The molecular weight excluding hydrogens is 168 g/mol. The van der Waals surface area contributed by atoms with Crippen LogP contribution in [0.4, 0.5) is 0 Å². The highest BCUT2D eigenvalue weighted by molar-refractivity contribution is 5.79. The van der Waals surface area contributed by atoms with Gasteiger partial charge in [-0.3, -0.25) is 4.79 Å². The maximum Gasteiger partial charge on any atom is 0.225 e. The highest BCUT2D eigenvalue weighted by Crippen LogP contribution is 2.14. The van der Waals surface area contributed by atoms with E-state index in [4.69, 9.17) is 0 Å². The topological polar surface area (TPSA) is 43.8 Å². The van der Waals surface area contributed by atoms with E-state index >= 15 is 0 Å². The third kappa shape index (κ3) is 2.67. The summed E-state index contributed by atoms with van der Waals surface area (Å²) in [5.41, 5.74) is 0. The molecule has 4 heteroatoms. The number of likely N-dealkylation sites (N-methyl/N-ethyl adjacent to an activating group) is 1. The van der Waals surface area contributed by atoms with E-state index in [1.807, 2.05) is 25.9 Å². The van der Waals surface area contributed by atoms with Gasteiger partial charge in [0.2, 0.25) is 5.91 Å². The van der Waals surface area contributed by atoms with Crippen molar-refractivity contribution in [1.82, 2.24) is 9.80 Å². The molecule has 0 spiro atoms. The molecule has 76 valence electrons. The van der Waals surface area contributed by atoms with E-state index in [-0.39, 0.29) is 18.4 Å². The molecule has 1 aliphatic rings. The molecule has 1 N–H and O–H groups in total. The maximum absolute atomic E-state index is 11.4. The van der Waals surface area contributed by atoms with Gasteiger partial charge in [0, 0.05) is 19.1 Å². The molecule has 2 atom stereocenters. The molecule has 1 fully saturated rings. The van der Waals surface area contributed by atoms with Crippen molar-refractivity contribution in [2.75, 3.05) is 27.2 Å². The normalized spacial score (nSPS) is 25.8. The number of hydrogen-bond donors (Lipinski definition) is 1. The third-order valence-electron chi connectivity index (χ3n) is 2.30. The van der Waals surface area contributed by atoms with Gasteiger partial charge in [0.1, 0.15) is 0 Å². The van der Waals surface area contributed by atoms with Crippen molar-refractivity contribution in [3.8, 4) is 0 Å². The summed E-state index contributed by atoms with van der Waals surface area (Å²) in [6, 6.07) is 0.194. The van der Waals surface area contributed by atoms with Crippen molar-refractivity contribution in [1.29, 1.82) is 0 Å². The lowest BCUT2D eigenvalue weighted by atomic mass is 10.3. The number of amides is 1. The van der Waals surface area contributed by atoms with Crippen molar-refractivity contribution < 1.29 is 9.90 Å². The van der Waals surface area contributed by atoms with E-state index in [0.29, 0.717) is 6.54 Å². The summed E-state index contributed by atoms with van der Waals surface area (Å²) in [4.78, 5) is 15.2. The summed E-state index contributed by atoms with van der Waals surface area (Å²) in [6.45, 7) is 3.35. The van der Waals surface area contributed by atoms with Crippen LogP contribution in [-0.4, -0.2) is 60.1 Å². The molecule has 2 unspecified atom stereocenters. The number of hydrogen-bond acceptors (Lipinski definition) is 3. The molecule has 1 aliphatic heterocycles. The molecule has 13 heavy (non-hydrogen) atoms. The smallest absolute Gasteiger partial charge is 0.225 e. The molecule has 1 saturated heterocycles. The molecule has 1 rings (SSSR count). The minimum absolute atomic E-state index is 0.0712. The fraction of sp³-hybridized carbons (Fsp3) is 0.889. The minimum atomic E-state index is -0.461. The molecular formula is C9H18N2O2. The van der Waals surface area contributed by atoms with E-state index in [1.165, 1.54) is 0 Å². The minimum Gasteiger partial charge on any atom is -0.391 e. The molecule has 1 heterocycles. The van der Waals surface area contributed by atoms with Gasteiger partial charge in [0.05, 0.1) is 12.5 Å². The van der Waals surface area contributed by atoms with Gasteiger partial charge in [-0.1, -0.05) is 0 Å². The Labute approximate surface area is 79.1 Å². The lowest BCUT2D eigenvalue weighted by molar-refractivity contribution is -0.129. The summed E-state index contributed by atoms with van der Waals surface area (Å²) in [5, 5.41) is 9.28. The van der Waals surface area contributed by atoms with E-state index in [9.17, 15) is 9.90 Å². The second-order valence-corrected chi connectivity index (χ2v) is 4.02. The predicted octanol–water partition coefficient (Wildman–Crippen LogP) is -0.470. The van der Waals surface area contributed by atoms with Gasteiger partial charge in [-0.15, -0.1) is 0 Å². The fourth-order valence-electron chi connectivity index (χ4n) is 1.77. The first kappa shape index (κ1) is 10.5. The first-order chi connectivity index (χ1) is 6.00. The fourth-order valence-corrected chi connectivity index (χ4v) is 1.77. The summed E-state index contributed by atoms with van der Waals surface area (Å²) in [7, 11) is 3.96. The second kappa shape index (κ2) is 4.07.